The van der Waals surface area contributed by atoms with E-state index in [1.807, 2.05) is 11.5 Å². The average Bonchev–Trinajstić information content (AvgIpc) is 2.91. The monoisotopic (exact) mass is 379 g/mol. The van der Waals surface area contributed by atoms with Crippen molar-refractivity contribution < 1.29 is 13.5 Å². The molecule has 0 fully saturated rings. The fraction of sp³-hybridized carbons (Fsp3) is 0.150. The third-order valence-corrected chi connectivity index (χ3v) is 4.60. The second-order valence-corrected chi connectivity index (χ2v) is 7.73. The quantitative estimate of drug-likeness (QED) is 0.684. The maximum absolute atomic E-state index is 11.3. The first kappa shape index (κ1) is 18.4. The van der Waals surface area contributed by atoms with E-state index in [2.05, 4.69) is 22.6 Å². The maximum atomic E-state index is 11.3. The van der Waals surface area contributed by atoms with Crippen molar-refractivity contribution in [2.24, 2.45) is 0 Å². The van der Waals surface area contributed by atoms with Crippen molar-refractivity contribution in [3.05, 3.63) is 59.3 Å². The molecular formula is C20H17N3O3S. The smallest absolute Gasteiger partial charge is 0.229 e. The van der Waals surface area contributed by atoms with Crippen LogP contribution in [0.3, 0.4) is 0 Å². The second kappa shape index (κ2) is 7.06. The van der Waals surface area contributed by atoms with E-state index in [0.717, 1.165) is 17.2 Å². The second-order valence-electron chi connectivity index (χ2n) is 5.98. The van der Waals surface area contributed by atoms with Crippen LogP contribution in [-0.4, -0.2) is 24.3 Å². The standard InChI is InChI=1S/C20H17N3O3S/c1-3-23-19(18(13-21)17-10-9-16(24)12-20(17)23)11-6-14-4-7-15(8-5-14)22-27(2,25)26/h4-5,7-10,12,22,24H,3H2,1-2H3. The lowest BCUT2D eigenvalue weighted by atomic mass is 10.1. The van der Waals surface area contributed by atoms with Gasteiger partial charge in [-0.15, -0.1) is 0 Å². The number of aromatic hydroxyl groups is 1. The lowest BCUT2D eigenvalue weighted by Crippen LogP contribution is -2.09. The number of nitrogens with one attached hydrogen (secondary N) is 1. The summed E-state index contributed by atoms with van der Waals surface area (Å²) in [4.78, 5) is 0. The molecule has 0 unspecified atom stereocenters. The summed E-state index contributed by atoms with van der Waals surface area (Å²) in [5.41, 5.74) is 2.95. The normalized spacial score (nSPS) is 10.9. The Labute approximate surface area is 157 Å². The molecule has 2 aromatic carbocycles. The Morgan fingerprint density at radius 2 is 1.85 bits per heavy atom. The SMILES string of the molecule is CCn1c(C#Cc2ccc(NS(C)(=O)=O)cc2)c(C#N)c2ccc(O)cc21. The van der Waals surface area contributed by atoms with E-state index in [1.54, 1.807) is 42.5 Å². The molecule has 136 valence electrons. The van der Waals surface area contributed by atoms with Crippen LogP contribution in [0.15, 0.2) is 42.5 Å². The third-order valence-electron chi connectivity index (χ3n) is 3.99. The summed E-state index contributed by atoms with van der Waals surface area (Å²) in [5.74, 6) is 6.19. The average molecular weight is 379 g/mol. The Balaban J connectivity index is 2.04. The van der Waals surface area contributed by atoms with Crippen LogP contribution in [0.1, 0.15) is 23.7 Å². The highest BCUT2D eigenvalue weighted by Crippen LogP contribution is 2.28. The van der Waals surface area contributed by atoms with Crippen molar-refractivity contribution in [1.82, 2.24) is 4.57 Å². The van der Waals surface area contributed by atoms with E-state index in [1.165, 1.54) is 0 Å². The molecule has 6 nitrogen and oxygen atoms in total. The molecule has 0 spiro atoms. The number of fused-ring (bicyclic) bond motifs is 1. The van der Waals surface area contributed by atoms with Crippen LogP contribution in [0, 0.1) is 23.2 Å². The molecule has 2 N–H and O–H groups in total. The van der Waals surface area contributed by atoms with Crippen LogP contribution < -0.4 is 4.72 Å². The first-order chi connectivity index (χ1) is 12.8. The molecule has 0 radical (unpaired) electrons. The lowest BCUT2D eigenvalue weighted by molar-refractivity contribution is 0.476. The van der Waals surface area contributed by atoms with Gasteiger partial charge in [0.2, 0.25) is 10.0 Å². The molecule has 0 saturated heterocycles. The molecule has 7 heteroatoms. The van der Waals surface area contributed by atoms with Crippen molar-refractivity contribution in [3.63, 3.8) is 0 Å². The summed E-state index contributed by atoms with van der Waals surface area (Å²) in [5, 5.41) is 20.1. The van der Waals surface area contributed by atoms with Crippen LogP contribution in [-0.2, 0) is 16.6 Å². The summed E-state index contributed by atoms with van der Waals surface area (Å²) < 4.78 is 26.8. The zero-order chi connectivity index (χ0) is 19.6. The van der Waals surface area contributed by atoms with E-state index in [-0.39, 0.29) is 5.75 Å². The fourth-order valence-electron chi connectivity index (χ4n) is 2.88. The number of nitriles is 1. The van der Waals surface area contributed by atoms with Crippen molar-refractivity contribution >= 4 is 26.6 Å². The van der Waals surface area contributed by atoms with Gasteiger partial charge < -0.3 is 9.67 Å². The summed E-state index contributed by atoms with van der Waals surface area (Å²) >= 11 is 0. The molecule has 1 aromatic heterocycles. The Kier molecular flexibility index (Phi) is 4.81. The molecule has 0 amide bonds. The van der Waals surface area contributed by atoms with E-state index in [9.17, 15) is 18.8 Å². The van der Waals surface area contributed by atoms with Gasteiger partial charge >= 0.3 is 0 Å². The molecule has 0 aliphatic rings. The van der Waals surface area contributed by atoms with Crippen LogP contribution in [0.2, 0.25) is 0 Å². The van der Waals surface area contributed by atoms with Gasteiger partial charge in [0.1, 0.15) is 17.5 Å². The van der Waals surface area contributed by atoms with Crippen molar-refractivity contribution in [1.29, 1.82) is 5.26 Å². The lowest BCUT2D eigenvalue weighted by Gasteiger charge is -2.03. The van der Waals surface area contributed by atoms with Gasteiger partial charge in [0.25, 0.3) is 0 Å². The van der Waals surface area contributed by atoms with E-state index in [4.69, 9.17) is 0 Å². The number of nitrogens with zero attached hydrogens (tertiary/aromatic N) is 2. The number of aryl methyl sites for hydroxylation is 1. The highest BCUT2D eigenvalue weighted by Gasteiger charge is 2.15. The van der Waals surface area contributed by atoms with E-state index < -0.39 is 10.0 Å². The van der Waals surface area contributed by atoms with Gasteiger partial charge in [0.05, 0.1) is 17.3 Å². The minimum atomic E-state index is -3.33. The molecule has 0 bridgehead atoms. The van der Waals surface area contributed by atoms with Crippen LogP contribution in [0.5, 0.6) is 5.75 Å². The minimum absolute atomic E-state index is 0.132. The van der Waals surface area contributed by atoms with Gasteiger partial charge in [0.15, 0.2) is 0 Å². The number of hydrogen-bond donors (Lipinski definition) is 2. The first-order valence-corrected chi connectivity index (χ1v) is 10.1. The Hall–Kier alpha value is -3.42. The zero-order valence-corrected chi connectivity index (χ0v) is 15.6. The largest absolute Gasteiger partial charge is 0.508 e. The summed E-state index contributed by atoms with van der Waals surface area (Å²) in [6, 6.07) is 13.8. The summed E-state index contributed by atoms with van der Waals surface area (Å²) in [7, 11) is -3.33. The number of hydrogen-bond acceptors (Lipinski definition) is 4. The van der Waals surface area contributed by atoms with Gasteiger partial charge in [-0.2, -0.15) is 5.26 Å². The van der Waals surface area contributed by atoms with Crippen LogP contribution in [0.4, 0.5) is 5.69 Å². The van der Waals surface area contributed by atoms with Crippen molar-refractivity contribution in [3.8, 4) is 23.7 Å². The predicted molar refractivity (Wildman–Crippen MR) is 105 cm³/mol. The Bertz CT molecular complexity index is 1220. The fourth-order valence-corrected chi connectivity index (χ4v) is 3.44. The Morgan fingerprint density at radius 1 is 1.15 bits per heavy atom. The molecular weight excluding hydrogens is 362 g/mol. The molecule has 3 rings (SSSR count). The molecule has 0 aliphatic heterocycles. The van der Waals surface area contributed by atoms with Crippen molar-refractivity contribution in [2.75, 3.05) is 11.0 Å². The molecule has 3 aromatic rings. The topological polar surface area (TPSA) is 95.1 Å². The van der Waals surface area contributed by atoms with E-state index in [0.29, 0.717) is 29.1 Å². The van der Waals surface area contributed by atoms with Gasteiger partial charge in [-0.25, -0.2) is 8.42 Å². The highest BCUT2D eigenvalue weighted by molar-refractivity contribution is 7.92. The zero-order valence-electron chi connectivity index (χ0n) is 14.8. The van der Waals surface area contributed by atoms with Gasteiger partial charge in [-0.3, -0.25) is 4.72 Å². The van der Waals surface area contributed by atoms with Gasteiger partial charge in [-0.1, -0.05) is 5.92 Å². The number of aromatic nitrogens is 1. The summed E-state index contributed by atoms with van der Waals surface area (Å²) in [6.07, 6.45) is 1.09. The Morgan fingerprint density at radius 3 is 2.44 bits per heavy atom. The maximum Gasteiger partial charge on any atom is 0.229 e. The van der Waals surface area contributed by atoms with Crippen molar-refractivity contribution in [2.45, 2.75) is 13.5 Å². The molecule has 0 atom stereocenters. The molecule has 0 saturated carbocycles. The van der Waals surface area contributed by atoms with Crippen LogP contribution >= 0.6 is 0 Å². The summed E-state index contributed by atoms with van der Waals surface area (Å²) in [6.45, 7) is 2.55. The number of rotatable bonds is 3. The minimum Gasteiger partial charge on any atom is -0.508 e. The molecule has 1 heterocycles. The first-order valence-electron chi connectivity index (χ1n) is 8.17. The number of phenols is 1. The van der Waals surface area contributed by atoms with Gasteiger partial charge in [0, 0.05) is 29.2 Å². The molecule has 0 aliphatic carbocycles. The van der Waals surface area contributed by atoms with E-state index >= 15 is 0 Å². The predicted octanol–water partition coefficient (Wildman–Crippen LogP) is 3.01. The van der Waals surface area contributed by atoms with Crippen LogP contribution in [0.25, 0.3) is 10.9 Å². The van der Waals surface area contributed by atoms with Gasteiger partial charge in [-0.05, 0) is 49.2 Å². The third kappa shape index (κ3) is 3.89. The highest BCUT2D eigenvalue weighted by atomic mass is 32.2. The molecule has 27 heavy (non-hydrogen) atoms. The number of benzene rings is 2. The number of anilines is 1. The number of sulfonamides is 1. The number of phenolic OH excluding ortho intramolecular Hbond substituents is 1.